The first kappa shape index (κ1) is 20.8. The Balaban J connectivity index is 1.36. The molecule has 3 aromatic rings. The molecule has 0 saturated carbocycles. The van der Waals surface area contributed by atoms with Gasteiger partial charge >= 0.3 is 0 Å². The lowest BCUT2D eigenvalue weighted by Crippen LogP contribution is -2.49. The number of anilines is 1. The lowest BCUT2D eigenvalue weighted by molar-refractivity contribution is 0.0746. The van der Waals surface area contributed by atoms with E-state index in [4.69, 9.17) is 4.99 Å². The fourth-order valence-electron chi connectivity index (χ4n) is 4.25. The van der Waals surface area contributed by atoms with Gasteiger partial charge < -0.3 is 9.80 Å². The fourth-order valence-corrected chi connectivity index (χ4v) is 5.28. The second-order valence-electron chi connectivity index (χ2n) is 7.92. The molecule has 0 aromatic heterocycles. The number of aliphatic imine (C=N–C) groups is 1. The molecule has 0 aliphatic carbocycles. The molecule has 4 nitrogen and oxygen atoms in total. The zero-order valence-corrected chi connectivity index (χ0v) is 18.7. The van der Waals surface area contributed by atoms with Crippen LogP contribution in [0, 0.1) is 5.82 Å². The molecule has 0 N–H and O–H groups in total. The molecule has 0 spiro atoms. The van der Waals surface area contributed by atoms with Crippen molar-refractivity contribution >= 4 is 34.8 Å². The van der Waals surface area contributed by atoms with Gasteiger partial charge in [0.1, 0.15) is 5.82 Å². The molecule has 6 heteroatoms. The van der Waals surface area contributed by atoms with Gasteiger partial charge in [-0.25, -0.2) is 4.39 Å². The number of piperazine rings is 1. The van der Waals surface area contributed by atoms with Crippen LogP contribution >= 0.6 is 11.8 Å². The Morgan fingerprint density at radius 3 is 2.50 bits per heavy atom. The van der Waals surface area contributed by atoms with Gasteiger partial charge in [0.25, 0.3) is 5.91 Å². The highest BCUT2D eigenvalue weighted by Gasteiger charge is 2.25. The van der Waals surface area contributed by atoms with Gasteiger partial charge in [-0.1, -0.05) is 49.0 Å². The van der Waals surface area contributed by atoms with Gasteiger partial charge in [0.15, 0.2) is 0 Å². The number of halogens is 1. The number of hydrogen-bond acceptors (Lipinski definition) is 4. The first-order valence-corrected chi connectivity index (χ1v) is 11.7. The van der Waals surface area contributed by atoms with Gasteiger partial charge in [-0.05, 0) is 42.8 Å². The normalized spacial score (nSPS) is 15.5. The number of nitrogens with zero attached hydrogens (tertiary/aromatic N) is 3. The van der Waals surface area contributed by atoms with E-state index in [1.807, 2.05) is 46.2 Å². The molecule has 1 saturated heterocycles. The smallest absolute Gasteiger partial charge is 0.254 e. The average Bonchev–Trinajstić information content (AvgIpc) is 3.00. The Hall–Kier alpha value is -3.12. The maximum atomic E-state index is 14.1. The van der Waals surface area contributed by atoms with Crippen molar-refractivity contribution in [1.82, 2.24) is 4.90 Å². The summed E-state index contributed by atoms with van der Waals surface area (Å²) in [7, 11) is 0. The van der Waals surface area contributed by atoms with Gasteiger partial charge in [0.2, 0.25) is 0 Å². The number of carbonyl (C=O) groups is 1. The van der Waals surface area contributed by atoms with Crippen molar-refractivity contribution in [3.8, 4) is 0 Å². The van der Waals surface area contributed by atoms with Crippen LogP contribution in [0.4, 0.5) is 15.8 Å². The summed E-state index contributed by atoms with van der Waals surface area (Å²) in [5.41, 5.74) is 4.29. The Morgan fingerprint density at radius 1 is 0.969 bits per heavy atom. The molecule has 0 bridgehead atoms. The number of fused-ring (bicyclic) bond motifs is 2. The Kier molecular flexibility index (Phi) is 5.70. The third-order valence-electron chi connectivity index (χ3n) is 5.97. The molecule has 2 aliphatic rings. The fraction of sp³-hybridized carbons (Fsp3) is 0.231. The molecule has 1 fully saturated rings. The van der Waals surface area contributed by atoms with Crippen molar-refractivity contribution in [2.24, 2.45) is 4.99 Å². The number of benzene rings is 3. The van der Waals surface area contributed by atoms with Crippen LogP contribution in [0.2, 0.25) is 0 Å². The van der Waals surface area contributed by atoms with Crippen molar-refractivity contribution in [2.45, 2.75) is 23.1 Å². The van der Waals surface area contributed by atoms with Gasteiger partial charge in [-0.15, -0.1) is 0 Å². The van der Waals surface area contributed by atoms with E-state index in [0.717, 1.165) is 28.3 Å². The van der Waals surface area contributed by atoms with Crippen molar-refractivity contribution < 1.29 is 9.18 Å². The van der Waals surface area contributed by atoms with Gasteiger partial charge in [-0.3, -0.25) is 9.79 Å². The first-order chi connectivity index (χ1) is 15.6. The molecule has 3 aromatic carbocycles. The maximum Gasteiger partial charge on any atom is 0.254 e. The van der Waals surface area contributed by atoms with E-state index in [0.29, 0.717) is 37.4 Å². The molecule has 32 heavy (non-hydrogen) atoms. The number of rotatable bonds is 3. The summed E-state index contributed by atoms with van der Waals surface area (Å²) in [6.45, 7) is 4.46. The van der Waals surface area contributed by atoms with Crippen LogP contribution in [0.5, 0.6) is 0 Å². The highest BCUT2D eigenvalue weighted by Crippen LogP contribution is 2.41. The summed E-state index contributed by atoms with van der Waals surface area (Å²) in [5.74, 6) is -0.220. The van der Waals surface area contributed by atoms with Crippen molar-refractivity contribution in [1.29, 1.82) is 0 Å². The van der Waals surface area contributed by atoms with Crippen LogP contribution in [0.3, 0.4) is 0 Å². The molecule has 1 amide bonds. The van der Waals surface area contributed by atoms with Crippen LogP contribution in [-0.2, 0) is 0 Å². The van der Waals surface area contributed by atoms with Gasteiger partial charge in [0, 0.05) is 52.8 Å². The summed E-state index contributed by atoms with van der Waals surface area (Å²) in [6.07, 6.45) is 0.827. The first-order valence-electron chi connectivity index (χ1n) is 10.9. The number of para-hydroxylation sites is 1. The van der Waals surface area contributed by atoms with Crippen LogP contribution in [-0.4, -0.2) is 42.7 Å². The molecular weight excluding hydrogens is 421 g/mol. The van der Waals surface area contributed by atoms with E-state index in [-0.39, 0.29) is 11.7 Å². The van der Waals surface area contributed by atoms with E-state index in [1.54, 1.807) is 23.9 Å². The number of hydrogen-bond donors (Lipinski definition) is 0. The summed E-state index contributed by atoms with van der Waals surface area (Å²) >= 11 is 1.70. The Morgan fingerprint density at radius 2 is 1.72 bits per heavy atom. The van der Waals surface area contributed by atoms with E-state index in [1.165, 1.54) is 11.0 Å². The minimum atomic E-state index is -0.221. The molecule has 0 unspecified atom stereocenters. The van der Waals surface area contributed by atoms with Crippen molar-refractivity contribution in [2.75, 3.05) is 31.1 Å². The van der Waals surface area contributed by atoms with E-state index in [9.17, 15) is 9.18 Å². The van der Waals surface area contributed by atoms with E-state index >= 15 is 0 Å². The zero-order valence-electron chi connectivity index (χ0n) is 17.9. The Labute approximate surface area is 191 Å². The SMILES string of the molecule is CCC1=Nc2cc(C(=O)N3CCN(c4ccccc4F)CC3)ccc2Sc2ccccc21. The van der Waals surface area contributed by atoms with Crippen molar-refractivity contribution in [3.05, 3.63) is 83.7 Å². The molecule has 162 valence electrons. The summed E-state index contributed by atoms with van der Waals surface area (Å²) in [4.78, 5) is 24.3. The quantitative estimate of drug-likeness (QED) is 0.512. The summed E-state index contributed by atoms with van der Waals surface area (Å²) < 4.78 is 14.1. The van der Waals surface area contributed by atoms with Crippen LogP contribution in [0.1, 0.15) is 29.3 Å². The van der Waals surface area contributed by atoms with Gasteiger partial charge in [-0.2, -0.15) is 0 Å². The second-order valence-corrected chi connectivity index (χ2v) is 9.01. The minimum Gasteiger partial charge on any atom is -0.366 e. The molecule has 2 heterocycles. The maximum absolute atomic E-state index is 14.1. The molecule has 0 atom stereocenters. The predicted molar refractivity (Wildman–Crippen MR) is 128 cm³/mol. The van der Waals surface area contributed by atoms with Gasteiger partial charge in [0.05, 0.1) is 11.4 Å². The Bertz CT molecular complexity index is 1200. The van der Waals surface area contributed by atoms with E-state index < -0.39 is 0 Å². The van der Waals surface area contributed by atoms with Crippen LogP contribution in [0.25, 0.3) is 0 Å². The lowest BCUT2D eigenvalue weighted by atomic mass is 10.1. The van der Waals surface area contributed by atoms with E-state index in [2.05, 4.69) is 19.1 Å². The third kappa shape index (κ3) is 3.91. The standard InChI is InChI=1S/C26H24FN3OS/c1-2-21-19-7-3-6-10-24(19)32-25-12-11-18(17-22(25)28-21)26(31)30-15-13-29(14-16-30)23-9-5-4-8-20(23)27/h3-12,17H,2,13-16H2,1H3. The molecular formula is C26H24FN3OS. The highest BCUT2D eigenvalue weighted by molar-refractivity contribution is 7.99. The highest BCUT2D eigenvalue weighted by atomic mass is 32.2. The minimum absolute atomic E-state index is 0.000920. The summed E-state index contributed by atoms with van der Waals surface area (Å²) in [6, 6.07) is 20.9. The molecule has 0 radical (unpaired) electrons. The predicted octanol–water partition coefficient (Wildman–Crippen LogP) is 5.78. The van der Waals surface area contributed by atoms with Crippen LogP contribution < -0.4 is 4.90 Å². The summed E-state index contributed by atoms with van der Waals surface area (Å²) in [5, 5.41) is 0. The van der Waals surface area contributed by atoms with Crippen LogP contribution in [0.15, 0.2) is 81.5 Å². The second kappa shape index (κ2) is 8.79. The average molecular weight is 446 g/mol. The monoisotopic (exact) mass is 445 g/mol. The zero-order chi connectivity index (χ0) is 22.1. The number of amides is 1. The molecule has 5 rings (SSSR count). The topological polar surface area (TPSA) is 35.9 Å². The molecule has 2 aliphatic heterocycles. The lowest BCUT2D eigenvalue weighted by Gasteiger charge is -2.36. The number of carbonyl (C=O) groups excluding carboxylic acids is 1. The third-order valence-corrected chi connectivity index (χ3v) is 7.12. The van der Waals surface area contributed by atoms with Crippen molar-refractivity contribution in [3.63, 3.8) is 0 Å². The largest absolute Gasteiger partial charge is 0.366 e.